The zero-order valence-electron chi connectivity index (χ0n) is 19.2. The Morgan fingerprint density at radius 2 is 2.09 bits per heavy atom. The smallest absolute Gasteiger partial charge is 0.270 e. The van der Waals surface area contributed by atoms with E-state index in [4.69, 9.17) is 5.73 Å². The van der Waals surface area contributed by atoms with Gasteiger partial charge in [0.25, 0.3) is 11.8 Å². The third-order valence-corrected chi connectivity index (χ3v) is 7.65. The number of aryl methyl sites for hydroxylation is 1. The largest absolute Gasteiger partial charge is 0.354 e. The number of hydrogen-bond acceptors (Lipinski definition) is 5. The second kappa shape index (κ2) is 10.9. The molecular formula is C25H33N5O2S. The molecule has 4 heterocycles. The molecule has 33 heavy (non-hydrogen) atoms. The fourth-order valence-corrected chi connectivity index (χ4v) is 5.54. The molecule has 0 unspecified atom stereocenters. The van der Waals surface area contributed by atoms with Gasteiger partial charge in [0.2, 0.25) is 0 Å². The molecule has 4 rings (SSSR count). The molecule has 0 aromatic carbocycles. The number of carbonyl (C=O) groups is 2. The number of nitrogens with two attached hydrogens (primary N) is 1. The predicted molar refractivity (Wildman–Crippen MR) is 132 cm³/mol. The molecule has 3 aromatic rings. The summed E-state index contributed by atoms with van der Waals surface area (Å²) >= 11 is 1.48. The molecule has 0 radical (unpaired) electrons. The van der Waals surface area contributed by atoms with Crippen molar-refractivity contribution in [2.75, 3.05) is 19.6 Å². The molecular weight excluding hydrogens is 434 g/mol. The Balaban J connectivity index is 1.14. The third kappa shape index (κ3) is 5.62. The monoisotopic (exact) mass is 467 g/mol. The molecule has 0 atom stereocenters. The molecule has 1 aliphatic heterocycles. The summed E-state index contributed by atoms with van der Waals surface area (Å²) in [7, 11) is 0. The van der Waals surface area contributed by atoms with E-state index in [0.29, 0.717) is 24.7 Å². The van der Waals surface area contributed by atoms with Crippen molar-refractivity contribution in [2.45, 2.75) is 52.0 Å². The molecule has 1 saturated heterocycles. The summed E-state index contributed by atoms with van der Waals surface area (Å²) in [6.45, 7) is 4.83. The van der Waals surface area contributed by atoms with Crippen molar-refractivity contribution in [1.82, 2.24) is 20.2 Å². The van der Waals surface area contributed by atoms with E-state index < -0.39 is 0 Å². The Morgan fingerprint density at radius 3 is 2.79 bits per heavy atom. The number of nitrogens with zero attached hydrogens (tertiary/aromatic N) is 2. The minimum atomic E-state index is -0.00337. The number of piperidine rings is 1. The van der Waals surface area contributed by atoms with Gasteiger partial charge in [-0.2, -0.15) is 0 Å². The molecule has 1 aliphatic rings. The summed E-state index contributed by atoms with van der Waals surface area (Å²) in [5, 5.41) is 4.10. The molecule has 1 fully saturated rings. The number of pyridine rings is 1. The van der Waals surface area contributed by atoms with Gasteiger partial charge in [-0.05, 0) is 60.7 Å². The van der Waals surface area contributed by atoms with E-state index in [1.807, 2.05) is 23.1 Å². The molecule has 7 nitrogen and oxygen atoms in total. The summed E-state index contributed by atoms with van der Waals surface area (Å²) in [6, 6.07) is 5.77. The quantitative estimate of drug-likeness (QED) is 0.412. The van der Waals surface area contributed by atoms with E-state index >= 15 is 0 Å². The van der Waals surface area contributed by atoms with Gasteiger partial charge in [-0.25, -0.2) is 0 Å². The molecule has 3 aromatic heterocycles. The highest BCUT2D eigenvalue weighted by atomic mass is 32.1. The molecule has 4 N–H and O–H groups in total. The van der Waals surface area contributed by atoms with Crippen molar-refractivity contribution < 1.29 is 9.59 Å². The number of unbranched alkanes of at least 4 members (excludes halogenated alkanes) is 1. The van der Waals surface area contributed by atoms with Gasteiger partial charge in [-0.1, -0.05) is 19.8 Å². The van der Waals surface area contributed by atoms with Gasteiger partial charge in [0.1, 0.15) is 5.69 Å². The second-order valence-corrected chi connectivity index (χ2v) is 9.84. The average molecular weight is 468 g/mol. The normalized spacial score (nSPS) is 14.7. The second-order valence-electron chi connectivity index (χ2n) is 8.76. The maximum Gasteiger partial charge on any atom is 0.270 e. The molecule has 2 amide bonds. The van der Waals surface area contributed by atoms with Crippen LogP contribution in [0.15, 0.2) is 30.6 Å². The average Bonchev–Trinajstić information content (AvgIpc) is 3.48. The Morgan fingerprint density at radius 1 is 1.27 bits per heavy atom. The SMILES string of the molecule is CCc1[nH]c(C(=O)N2CCC(CCCCNC(=O)c3cc4ccncc4s3)CC2)cc1CN. The van der Waals surface area contributed by atoms with Crippen LogP contribution in [0.25, 0.3) is 10.1 Å². The Kier molecular flexibility index (Phi) is 7.77. The zero-order valence-corrected chi connectivity index (χ0v) is 20.0. The summed E-state index contributed by atoms with van der Waals surface area (Å²) < 4.78 is 1.04. The highest BCUT2D eigenvalue weighted by Gasteiger charge is 2.25. The highest BCUT2D eigenvalue weighted by molar-refractivity contribution is 7.20. The van der Waals surface area contributed by atoms with Crippen LogP contribution in [0.3, 0.4) is 0 Å². The standard InChI is InChI=1S/C25H33N5O2S/c1-2-20-19(15-26)13-21(29-20)25(32)30-11-7-17(8-12-30)5-3-4-9-28-24(31)22-14-18-6-10-27-16-23(18)33-22/h6,10,13-14,16-17,29H,2-5,7-9,11-12,15,26H2,1H3,(H,28,31). The minimum absolute atomic E-state index is 0.00337. The number of carbonyl (C=O) groups excluding carboxylic acids is 2. The molecule has 0 bridgehead atoms. The van der Waals surface area contributed by atoms with Crippen molar-refractivity contribution >= 4 is 33.2 Å². The first-order valence-corrected chi connectivity index (χ1v) is 12.7. The number of thiophene rings is 1. The number of hydrogen-bond donors (Lipinski definition) is 3. The van der Waals surface area contributed by atoms with Gasteiger partial charge in [-0.15, -0.1) is 11.3 Å². The first-order chi connectivity index (χ1) is 16.1. The zero-order chi connectivity index (χ0) is 23.2. The van der Waals surface area contributed by atoms with Crippen LogP contribution in [0.1, 0.15) is 70.4 Å². The number of aromatic nitrogens is 2. The molecule has 8 heteroatoms. The Labute approximate surface area is 198 Å². The number of nitrogens with one attached hydrogen (secondary N) is 2. The van der Waals surface area contributed by atoms with Crippen LogP contribution in [-0.2, 0) is 13.0 Å². The summed E-state index contributed by atoms with van der Waals surface area (Å²) in [4.78, 5) is 35.3. The third-order valence-electron chi connectivity index (χ3n) is 6.57. The van der Waals surface area contributed by atoms with Crippen molar-refractivity contribution in [2.24, 2.45) is 11.7 Å². The van der Waals surface area contributed by atoms with Crippen molar-refractivity contribution in [1.29, 1.82) is 0 Å². The number of fused-ring (bicyclic) bond motifs is 1. The van der Waals surface area contributed by atoms with Crippen molar-refractivity contribution in [3.63, 3.8) is 0 Å². The van der Waals surface area contributed by atoms with Gasteiger partial charge >= 0.3 is 0 Å². The van der Waals surface area contributed by atoms with Crippen LogP contribution in [0, 0.1) is 5.92 Å². The van der Waals surface area contributed by atoms with Crippen molar-refractivity contribution in [3.8, 4) is 0 Å². The number of H-pyrrole nitrogens is 1. The van der Waals surface area contributed by atoms with Gasteiger partial charge in [0.15, 0.2) is 0 Å². The number of likely N-dealkylation sites (tertiary alicyclic amines) is 1. The van der Waals surface area contributed by atoms with Crippen LogP contribution in [0.4, 0.5) is 0 Å². The lowest BCUT2D eigenvalue weighted by atomic mass is 9.91. The fraction of sp³-hybridized carbons (Fsp3) is 0.480. The van der Waals surface area contributed by atoms with Crippen LogP contribution < -0.4 is 11.1 Å². The van der Waals surface area contributed by atoms with E-state index in [2.05, 4.69) is 22.2 Å². The predicted octanol–water partition coefficient (Wildman–Crippen LogP) is 4.10. The van der Waals surface area contributed by atoms with E-state index in [1.54, 1.807) is 12.4 Å². The van der Waals surface area contributed by atoms with E-state index in [1.165, 1.54) is 11.3 Å². The molecule has 0 spiro atoms. The summed E-state index contributed by atoms with van der Waals surface area (Å²) in [6.07, 6.45) is 9.69. The van der Waals surface area contributed by atoms with Crippen LogP contribution in [0.5, 0.6) is 0 Å². The lowest BCUT2D eigenvalue weighted by Crippen LogP contribution is -2.38. The van der Waals surface area contributed by atoms with E-state index in [-0.39, 0.29) is 11.8 Å². The first-order valence-electron chi connectivity index (χ1n) is 11.9. The van der Waals surface area contributed by atoms with Gasteiger partial charge in [0, 0.05) is 44.3 Å². The van der Waals surface area contributed by atoms with Crippen LogP contribution in [-0.4, -0.2) is 46.3 Å². The Bertz CT molecular complexity index is 1040. The highest BCUT2D eigenvalue weighted by Crippen LogP contribution is 2.25. The van der Waals surface area contributed by atoms with Crippen molar-refractivity contribution in [3.05, 3.63) is 52.4 Å². The van der Waals surface area contributed by atoms with Crippen LogP contribution >= 0.6 is 11.3 Å². The summed E-state index contributed by atoms with van der Waals surface area (Å²) in [5.74, 6) is 0.730. The van der Waals surface area contributed by atoms with Gasteiger partial charge < -0.3 is 20.9 Å². The maximum atomic E-state index is 12.9. The lowest BCUT2D eigenvalue weighted by molar-refractivity contribution is 0.0680. The molecule has 0 saturated carbocycles. The summed E-state index contributed by atoms with van der Waals surface area (Å²) in [5.41, 5.74) is 8.56. The molecule has 0 aliphatic carbocycles. The fourth-order valence-electron chi connectivity index (χ4n) is 4.59. The Hall–Kier alpha value is -2.71. The number of amides is 2. The first kappa shape index (κ1) is 23.4. The van der Waals surface area contributed by atoms with Crippen LogP contribution in [0.2, 0.25) is 0 Å². The van der Waals surface area contributed by atoms with E-state index in [0.717, 1.165) is 77.8 Å². The number of aromatic amines is 1. The lowest BCUT2D eigenvalue weighted by Gasteiger charge is -2.31. The maximum absolute atomic E-state index is 12.9. The topological polar surface area (TPSA) is 104 Å². The number of rotatable bonds is 9. The molecule has 176 valence electrons. The van der Waals surface area contributed by atoms with E-state index in [9.17, 15) is 9.59 Å². The minimum Gasteiger partial charge on any atom is -0.354 e. The van der Waals surface area contributed by atoms with Gasteiger partial charge in [-0.3, -0.25) is 14.6 Å². The van der Waals surface area contributed by atoms with Gasteiger partial charge in [0.05, 0.1) is 9.58 Å².